The molecule has 0 saturated carbocycles. The van der Waals surface area contributed by atoms with Crippen molar-refractivity contribution in [2.24, 2.45) is 0 Å². The largest absolute Gasteiger partial charge is 0.373 e. The molecule has 0 aliphatic carbocycles. The van der Waals surface area contributed by atoms with Gasteiger partial charge in [0.2, 0.25) is 10.0 Å². The number of sulfonamides is 1. The number of aryl methyl sites for hydroxylation is 1. The minimum Gasteiger partial charge on any atom is -0.373 e. The fourth-order valence-corrected chi connectivity index (χ4v) is 4.95. The number of benzene rings is 1. The van der Waals surface area contributed by atoms with Gasteiger partial charge in [-0.15, -0.1) is 0 Å². The van der Waals surface area contributed by atoms with Gasteiger partial charge in [0, 0.05) is 4.47 Å². The fourth-order valence-electron chi connectivity index (χ4n) is 2.89. The molecule has 2 fully saturated rings. The molecule has 3 atom stereocenters. The van der Waals surface area contributed by atoms with Gasteiger partial charge in [-0.05, 0) is 43.9 Å². The maximum absolute atomic E-state index is 12.5. The molecule has 2 heterocycles. The molecule has 0 radical (unpaired) electrons. The van der Waals surface area contributed by atoms with Gasteiger partial charge in [-0.3, -0.25) is 0 Å². The first-order valence-electron chi connectivity index (χ1n) is 6.40. The van der Waals surface area contributed by atoms with Crippen LogP contribution in [0.2, 0.25) is 0 Å². The molecule has 3 unspecified atom stereocenters. The molecule has 2 aliphatic heterocycles. The molecule has 104 valence electrons. The van der Waals surface area contributed by atoms with Crippen LogP contribution >= 0.6 is 15.9 Å². The molecule has 0 spiro atoms. The molecule has 3 rings (SSSR count). The van der Waals surface area contributed by atoms with Crippen LogP contribution in [0.4, 0.5) is 0 Å². The minimum atomic E-state index is -3.48. The maximum Gasteiger partial charge on any atom is 0.241 e. The van der Waals surface area contributed by atoms with Crippen LogP contribution in [0.3, 0.4) is 0 Å². The molecule has 19 heavy (non-hydrogen) atoms. The van der Waals surface area contributed by atoms with Gasteiger partial charge in [0.1, 0.15) is 0 Å². The Morgan fingerprint density at radius 2 is 2.16 bits per heavy atom. The lowest BCUT2D eigenvalue weighted by atomic mass is 9.96. The molecule has 6 heteroatoms. The second-order valence-corrected chi connectivity index (χ2v) is 7.85. The number of fused-ring (bicyclic) bond motifs is 2. The van der Waals surface area contributed by atoms with Crippen LogP contribution in [0.15, 0.2) is 27.6 Å². The third-order valence-corrected chi connectivity index (χ3v) is 5.98. The van der Waals surface area contributed by atoms with Gasteiger partial charge in [0.05, 0.1) is 23.1 Å². The standard InChI is InChI=1S/C13H16BrNO3S/c1-8-2-3-9(14)6-13(8)19(16,17)15-11-7-10-4-5-12(11)18-10/h2-3,6,10-12,15H,4-5,7H2,1H3. The minimum absolute atomic E-state index is 0.0484. The van der Waals surface area contributed by atoms with E-state index in [4.69, 9.17) is 4.74 Å². The van der Waals surface area contributed by atoms with Crippen molar-refractivity contribution < 1.29 is 13.2 Å². The van der Waals surface area contributed by atoms with Crippen LogP contribution in [0.25, 0.3) is 0 Å². The third-order valence-electron chi connectivity index (χ3n) is 3.85. The normalized spacial score (nSPS) is 29.9. The molecular formula is C13H16BrNO3S. The topological polar surface area (TPSA) is 55.4 Å². The zero-order chi connectivity index (χ0) is 13.6. The van der Waals surface area contributed by atoms with E-state index < -0.39 is 10.0 Å². The van der Waals surface area contributed by atoms with Crippen molar-refractivity contribution in [3.8, 4) is 0 Å². The van der Waals surface area contributed by atoms with E-state index in [2.05, 4.69) is 20.7 Å². The summed E-state index contributed by atoms with van der Waals surface area (Å²) in [5.41, 5.74) is 0.750. The molecule has 1 aromatic rings. The molecule has 2 aliphatic rings. The molecule has 2 saturated heterocycles. The van der Waals surface area contributed by atoms with E-state index >= 15 is 0 Å². The monoisotopic (exact) mass is 345 g/mol. The van der Waals surface area contributed by atoms with E-state index in [0.29, 0.717) is 4.90 Å². The zero-order valence-electron chi connectivity index (χ0n) is 10.6. The van der Waals surface area contributed by atoms with Gasteiger partial charge in [-0.1, -0.05) is 22.0 Å². The fraction of sp³-hybridized carbons (Fsp3) is 0.538. The highest BCUT2D eigenvalue weighted by molar-refractivity contribution is 9.10. The van der Waals surface area contributed by atoms with Gasteiger partial charge in [0.25, 0.3) is 0 Å². The second-order valence-electron chi connectivity index (χ2n) is 5.25. The van der Waals surface area contributed by atoms with Crippen LogP contribution in [-0.2, 0) is 14.8 Å². The Morgan fingerprint density at radius 3 is 2.79 bits per heavy atom. The number of nitrogens with one attached hydrogen (secondary N) is 1. The summed E-state index contributed by atoms with van der Waals surface area (Å²) in [5, 5.41) is 0. The predicted octanol–water partition coefficient (Wildman–Crippen LogP) is 2.36. The van der Waals surface area contributed by atoms with Gasteiger partial charge in [-0.25, -0.2) is 13.1 Å². The first-order valence-corrected chi connectivity index (χ1v) is 8.67. The number of halogens is 1. The number of hydrogen-bond donors (Lipinski definition) is 1. The Labute approximate surface area is 121 Å². The molecular weight excluding hydrogens is 330 g/mol. The lowest BCUT2D eigenvalue weighted by Crippen LogP contribution is -2.41. The van der Waals surface area contributed by atoms with Crippen molar-refractivity contribution in [1.82, 2.24) is 4.72 Å². The summed E-state index contributed by atoms with van der Waals surface area (Å²) in [4.78, 5) is 0.338. The Bertz CT molecular complexity index is 602. The smallest absolute Gasteiger partial charge is 0.241 e. The average molecular weight is 346 g/mol. The maximum atomic E-state index is 12.5. The summed E-state index contributed by atoms with van der Waals surface area (Å²) in [5.74, 6) is 0. The molecule has 1 N–H and O–H groups in total. The lowest BCUT2D eigenvalue weighted by molar-refractivity contribution is 0.0996. The molecule has 1 aromatic carbocycles. The van der Waals surface area contributed by atoms with Crippen LogP contribution in [-0.4, -0.2) is 26.7 Å². The predicted molar refractivity (Wildman–Crippen MR) is 75.5 cm³/mol. The van der Waals surface area contributed by atoms with Crippen LogP contribution < -0.4 is 4.72 Å². The summed E-state index contributed by atoms with van der Waals surface area (Å²) < 4.78 is 34.1. The number of ether oxygens (including phenoxy) is 1. The Morgan fingerprint density at radius 1 is 1.37 bits per heavy atom. The van der Waals surface area contributed by atoms with E-state index in [1.54, 1.807) is 19.1 Å². The van der Waals surface area contributed by atoms with E-state index in [1.807, 2.05) is 6.07 Å². The van der Waals surface area contributed by atoms with Crippen molar-refractivity contribution in [2.75, 3.05) is 0 Å². The van der Waals surface area contributed by atoms with Gasteiger partial charge < -0.3 is 4.74 Å². The van der Waals surface area contributed by atoms with Crippen molar-refractivity contribution in [1.29, 1.82) is 0 Å². The number of hydrogen-bond acceptors (Lipinski definition) is 3. The van der Waals surface area contributed by atoms with E-state index in [1.165, 1.54) is 0 Å². The SMILES string of the molecule is Cc1ccc(Br)cc1S(=O)(=O)NC1CC2CCC1O2. The van der Waals surface area contributed by atoms with Crippen molar-refractivity contribution in [2.45, 2.75) is 49.3 Å². The highest BCUT2D eigenvalue weighted by Gasteiger charge is 2.42. The number of rotatable bonds is 3. The first-order chi connectivity index (χ1) is 8.95. The van der Waals surface area contributed by atoms with E-state index in [-0.39, 0.29) is 18.2 Å². The third kappa shape index (κ3) is 2.59. The van der Waals surface area contributed by atoms with Gasteiger partial charge in [-0.2, -0.15) is 0 Å². The highest BCUT2D eigenvalue weighted by Crippen LogP contribution is 2.35. The summed E-state index contributed by atoms with van der Waals surface area (Å²) >= 11 is 3.32. The summed E-state index contributed by atoms with van der Waals surface area (Å²) in [6.45, 7) is 1.80. The van der Waals surface area contributed by atoms with Crippen molar-refractivity contribution >= 4 is 26.0 Å². The summed E-state index contributed by atoms with van der Waals surface area (Å²) in [7, 11) is -3.48. The molecule has 0 amide bonds. The Kier molecular flexibility index (Phi) is 3.45. The van der Waals surface area contributed by atoms with E-state index in [0.717, 1.165) is 29.3 Å². The van der Waals surface area contributed by atoms with E-state index in [9.17, 15) is 8.42 Å². The Balaban J connectivity index is 1.85. The van der Waals surface area contributed by atoms with Crippen LogP contribution in [0.1, 0.15) is 24.8 Å². The molecule has 2 bridgehead atoms. The lowest BCUT2D eigenvalue weighted by Gasteiger charge is -2.20. The van der Waals surface area contributed by atoms with Crippen LogP contribution in [0, 0.1) is 6.92 Å². The summed E-state index contributed by atoms with van der Waals surface area (Å²) in [6.07, 6.45) is 3.08. The second kappa shape index (κ2) is 4.84. The summed E-state index contributed by atoms with van der Waals surface area (Å²) in [6, 6.07) is 5.21. The van der Waals surface area contributed by atoms with Crippen molar-refractivity contribution in [3.63, 3.8) is 0 Å². The molecule has 4 nitrogen and oxygen atoms in total. The van der Waals surface area contributed by atoms with Gasteiger partial charge in [0.15, 0.2) is 0 Å². The Hall–Kier alpha value is -0.430. The zero-order valence-corrected chi connectivity index (χ0v) is 13.0. The quantitative estimate of drug-likeness (QED) is 0.914. The highest BCUT2D eigenvalue weighted by atomic mass is 79.9. The average Bonchev–Trinajstić information content (AvgIpc) is 2.93. The first kappa shape index (κ1) is 13.5. The van der Waals surface area contributed by atoms with Crippen molar-refractivity contribution in [3.05, 3.63) is 28.2 Å². The molecule has 0 aromatic heterocycles. The van der Waals surface area contributed by atoms with Gasteiger partial charge >= 0.3 is 0 Å². The van der Waals surface area contributed by atoms with Crippen LogP contribution in [0.5, 0.6) is 0 Å².